The molecule has 3 heterocycles. The summed E-state index contributed by atoms with van der Waals surface area (Å²) in [5, 5.41) is 6.97. The molecule has 0 bridgehead atoms. The molecule has 2 atom stereocenters. The average Bonchev–Trinajstić information content (AvgIpc) is 3.82. The number of nitrogens with zero attached hydrogens (tertiary/aromatic N) is 5. The highest BCUT2D eigenvalue weighted by Gasteiger charge is 2.44. The van der Waals surface area contributed by atoms with E-state index in [4.69, 9.17) is 14.2 Å². The predicted octanol–water partition coefficient (Wildman–Crippen LogP) is 6.60. The Morgan fingerprint density at radius 3 is 2.29 bits per heavy atom. The molecule has 2 aliphatic rings. The Labute approximate surface area is 299 Å². The van der Waals surface area contributed by atoms with Crippen LogP contribution < -0.4 is 24.6 Å². The van der Waals surface area contributed by atoms with Crippen molar-refractivity contribution in [1.82, 2.24) is 14.8 Å². The number of halogens is 3. The molecule has 0 spiro atoms. The summed E-state index contributed by atoms with van der Waals surface area (Å²) in [4.78, 5) is 21.5. The van der Waals surface area contributed by atoms with E-state index >= 15 is 4.39 Å². The number of hydrogen-bond donors (Lipinski definition) is 1. The number of rotatable bonds is 11. The molecule has 2 saturated heterocycles. The van der Waals surface area contributed by atoms with Crippen LogP contribution in [-0.4, -0.2) is 67.2 Å². The van der Waals surface area contributed by atoms with Crippen LogP contribution in [-0.2, 0) is 16.9 Å². The summed E-state index contributed by atoms with van der Waals surface area (Å²) in [6.07, 6.45) is 3.43. The van der Waals surface area contributed by atoms with Gasteiger partial charge in [-0.2, -0.15) is 5.10 Å². The predicted molar refractivity (Wildman–Crippen MR) is 191 cm³/mol. The fraction of sp³-hybridized carbons (Fsp3) is 0.308. The molecule has 1 amide bonds. The fourth-order valence-corrected chi connectivity index (χ4v) is 7.01. The molecule has 270 valence electrons. The standard InChI is InChI=1S/C39H39F3N6O4/c1-26-17-31(46-13-15-47(16-14-46)32-8-10-33(37(19-32)50-2)38(49)45-30-6-3-28(40)4-7-30)9-12-36(26)51-21-27-20-39(52-22-27,23-48-25-43-24-44-48)34-11-5-29(41)18-35(34)42/h3-12,17-19,24-25,27H,13-16,20-23H2,1-2H3,(H,45,49)/t27-,39+/m1/s1. The molecule has 0 aliphatic carbocycles. The van der Waals surface area contributed by atoms with Crippen molar-refractivity contribution in [3.63, 3.8) is 0 Å². The highest BCUT2D eigenvalue weighted by molar-refractivity contribution is 6.06. The van der Waals surface area contributed by atoms with Gasteiger partial charge in [-0.3, -0.25) is 4.79 Å². The minimum Gasteiger partial charge on any atom is -0.496 e. The van der Waals surface area contributed by atoms with Crippen LogP contribution in [0, 0.1) is 30.3 Å². The summed E-state index contributed by atoms with van der Waals surface area (Å²) in [6, 6.07) is 20.9. The van der Waals surface area contributed by atoms with Crippen LogP contribution in [0.25, 0.3) is 0 Å². The van der Waals surface area contributed by atoms with E-state index in [0.29, 0.717) is 36.6 Å². The van der Waals surface area contributed by atoms with Crippen LogP contribution in [0.4, 0.5) is 30.2 Å². The van der Waals surface area contributed by atoms with Crippen LogP contribution in [0.2, 0.25) is 0 Å². The minimum atomic E-state index is -1.03. The van der Waals surface area contributed by atoms with Gasteiger partial charge in [0, 0.05) is 66.9 Å². The van der Waals surface area contributed by atoms with Crippen molar-refractivity contribution in [1.29, 1.82) is 0 Å². The topological polar surface area (TPSA) is 94.0 Å². The molecule has 5 aromatic rings. The molecule has 10 nitrogen and oxygen atoms in total. The van der Waals surface area contributed by atoms with Crippen molar-refractivity contribution in [2.75, 3.05) is 61.6 Å². The molecule has 1 aromatic heterocycles. The van der Waals surface area contributed by atoms with Gasteiger partial charge in [-0.05, 0) is 79.6 Å². The Kier molecular flexibility index (Phi) is 10.0. The lowest BCUT2D eigenvalue weighted by atomic mass is 9.87. The van der Waals surface area contributed by atoms with Crippen molar-refractivity contribution in [2.24, 2.45) is 5.92 Å². The van der Waals surface area contributed by atoms with Gasteiger partial charge in [0.05, 0.1) is 32.4 Å². The monoisotopic (exact) mass is 712 g/mol. The van der Waals surface area contributed by atoms with Gasteiger partial charge in [-0.1, -0.05) is 6.07 Å². The summed E-state index contributed by atoms with van der Waals surface area (Å²) in [5.74, 6) is -0.821. The van der Waals surface area contributed by atoms with Crippen LogP contribution in [0.3, 0.4) is 0 Å². The van der Waals surface area contributed by atoms with E-state index < -0.39 is 17.2 Å². The number of carbonyl (C=O) groups is 1. The van der Waals surface area contributed by atoms with Crippen LogP contribution >= 0.6 is 0 Å². The largest absolute Gasteiger partial charge is 0.496 e. The highest BCUT2D eigenvalue weighted by Crippen LogP contribution is 2.42. The molecule has 2 fully saturated rings. The Morgan fingerprint density at radius 1 is 0.904 bits per heavy atom. The summed E-state index contributed by atoms with van der Waals surface area (Å²) in [6.45, 7) is 6.11. The third-order valence-electron chi connectivity index (χ3n) is 9.69. The summed E-state index contributed by atoms with van der Waals surface area (Å²) in [7, 11) is 1.53. The number of hydrogen-bond acceptors (Lipinski definition) is 8. The zero-order valence-corrected chi connectivity index (χ0v) is 28.9. The second-order valence-electron chi connectivity index (χ2n) is 13.2. The Bertz CT molecular complexity index is 2020. The first-order chi connectivity index (χ1) is 25.2. The summed E-state index contributed by atoms with van der Waals surface area (Å²) < 4.78 is 61.8. The number of amides is 1. The number of carbonyl (C=O) groups excluding carboxylic acids is 1. The first kappa shape index (κ1) is 34.9. The lowest BCUT2D eigenvalue weighted by Gasteiger charge is -2.37. The van der Waals surface area contributed by atoms with Gasteiger partial charge in [-0.25, -0.2) is 22.8 Å². The van der Waals surface area contributed by atoms with Gasteiger partial charge < -0.3 is 29.3 Å². The highest BCUT2D eigenvalue weighted by atomic mass is 19.1. The van der Waals surface area contributed by atoms with Crippen LogP contribution in [0.5, 0.6) is 11.5 Å². The number of aromatic nitrogens is 3. The Balaban J connectivity index is 0.948. The van der Waals surface area contributed by atoms with Gasteiger partial charge in [0.2, 0.25) is 0 Å². The van der Waals surface area contributed by atoms with Crippen LogP contribution in [0.15, 0.2) is 91.5 Å². The third kappa shape index (κ3) is 7.54. The summed E-state index contributed by atoms with van der Waals surface area (Å²) >= 11 is 0. The van der Waals surface area contributed by atoms with E-state index in [9.17, 15) is 13.6 Å². The molecular weight excluding hydrogens is 673 g/mol. The maximum Gasteiger partial charge on any atom is 0.259 e. The number of methoxy groups -OCH3 is 1. The van der Waals surface area contributed by atoms with Gasteiger partial charge in [0.25, 0.3) is 5.91 Å². The van der Waals surface area contributed by atoms with Crippen molar-refractivity contribution >= 4 is 23.0 Å². The maximum absolute atomic E-state index is 15.0. The second-order valence-corrected chi connectivity index (χ2v) is 13.2. The van der Waals surface area contributed by atoms with Gasteiger partial charge in [-0.15, -0.1) is 0 Å². The van der Waals surface area contributed by atoms with Gasteiger partial charge in [0.1, 0.15) is 47.2 Å². The number of piperazine rings is 1. The number of nitrogens with one attached hydrogen (secondary N) is 1. The van der Waals surface area contributed by atoms with Crippen molar-refractivity contribution in [3.8, 4) is 11.5 Å². The molecule has 1 N–H and O–H groups in total. The van der Waals surface area contributed by atoms with Crippen molar-refractivity contribution in [2.45, 2.75) is 25.5 Å². The third-order valence-corrected chi connectivity index (χ3v) is 9.69. The quantitative estimate of drug-likeness (QED) is 0.164. The zero-order valence-electron chi connectivity index (χ0n) is 28.9. The molecule has 0 radical (unpaired) electrons. The number of aryl methyl sites for hydroxylation is 1. The lowest BCUT2D eigenvalue weighted by Crippen LogP contribution is -2.46. The Hall–Kier alpha value is -5.56. The van der Waals surface area contributed by atoms with E-state index in [1.807, 2.05) is 25.1 Å². The smallest absolute Gasteiger partial charge is 0.259 e. The van der Waals surface area contributed by atoms with E-state index in [1.54, 1.807) is 17.1 Å². The summed E-state index contributed by atoms with van der Waals surface area (Å²) in [5.41, 5.74) is 3.19. The molecule has 0 unspecified atom stereocenters. The molecule has 7 rings (SSSR count). The lowest BCUT2D eigenvalue weighted by molar-refractivity contribution is -0.0206. The van der Waals surface area contributed by atoms with Gasteiger partial charge in [0.15, 0.2) is 0 Å². The molecule has 13 heteroatoms. The van der Waals surface area contributed by atoms with E-state index in [1.165, 1.54) is 49.8 Å². The second kappa shape index (κ2) is 15.0. The maximum atomic E-state index is 15.0. The average molecular weight is 713 g/mol. The number of anilines is 3. The van der Waals surface area contributed by atoms with Crippen LogP contribution in [0.1, 0.15) is 27.9 Å². The molecule has 4 aromatic carbocycles. The van der Waals surface area contributed by atoms with Crippen molar-refractivity contribution < 1.29 is 32.2 Å². The Morgan fingerprint density at radius 2 is 1.62 bits per heavy atom. The van der Waals surface area contributed by atoms with E-state index in [-0.39, 0.29) is 29.8 Å². The molecule has 2 aliphatic heterocycles. The SMILES string of the molecule is COc1cc(N2CCN(c3ccc(OC[C@@H]4CO[C@@](Cn5cncn5)(c5ccc(F)cc5F)C4)c(C)c3)CC2)ccc1C(=O)Nc1ccc(F)cc1. The first-order valence-electron chi connectivity index (χ1n) is 17.1. The number of ether oxygens (including phenoxy) is 3. The van der Waals surface area contributed by atoms with Crippen molar-refractivity contribution in [3.05, 3.63) is 126 Å². The molecular formula is C39H39F3N6O4. The normalized spacial score (nSPS) is 18.8. The minimum absolute atomic E-state index is 0.0306. The first-order valence-corrected chi connectivity index (χ1v) is 17.1. The fourth-order valence-electron chi connectivity index (χ4n) is 7.01. The van der Waals surface area contributed by atoms with E-state index in [0.717, 1.165) is 54.9 Å². The molecule has 52 heavy (non-hydrogen) atoms. The van der Waals surface area contributed by atoms with E-state index in [2.05, 4.69) is 37.3 Å². The zero-order chi connectivity index (χ0) is 36.2. The molecule has 0 saturated carbocycles. The van der Waals surface area contributed by atoms with Gasteiger partial charge >= 0.3 is 0 Å². The number of benzene rings is 4.